The molecule has 0 aliphatic carbocycles. The average Bonchev–Trinajstić information content (AvgIpc) is 2.48. The quantitative estimate of drug-likeness (QED) is 0.660. The molecular formula is C16H19N2O2. The first-order chi connectivity index (χ1) is 9.17. The Labute approximate surface area is 120 Å². The number of nitrogens with one attached hydrogen (secondary N) is 1. The van der Waals surface area contributed by atoms with Crippen molar-refractivity contribution in [1.29, 1.82) is 0 Å². The van der Waals surface area contributed by atoms with Gasteiger partial charge in [-0.3, -0.25) is 15.5 Å². The van der Waals surface area contributed by atoms with Gasteiger partial charge in [0.05, 0.1) is 5.69 Å². The van der Waals surface area contributed by atoms with Gasteiger partial charge < -0.3 is 0 Å². The second kappa shape index (κ2) is 9.72. The fourth-order valence-electron chi connectivity index (χ4n) is 1.47. The van der Waals surface area contributed by atoms with Crippen molar-refractivity contribution in [2.75, 3.05) is 5.48 Å². The number of carbonyl (C=O) groups is 1. The second-order valence-corrected chi connectivity index (χ2v) is 4.42. The van der Waals surface area contributed by atoms with Crippen molar-refractivity contribution in [3.8, 4) is 0 Å². The zero-order valence-electron chi connectivity index (χ0n) is 11.7. The van der Waals surface area contributed by atoms with Crippen LogP contribution in [0.4, 0.5) is 5.69 Å². The van der Waals surface area contributed by atoms with Gasteiger partial charge in [0.2, 0.25) is 0 Å². The molecule has 0 aromatic heterocycles. The number of benzene rings is 2. The maximum absolute atomic E-state index is 10.3. The van der Waals surface area contributed by atoms with E-state index in [1.807, 2.05) is 47.9 Å². The highest BCUT2D eigenvalue weighted by Gasteiger charge is 1.96. The van der Waals surface area contributed by atoms with E-state index in [0.29, 0.717) is 11.6 Å². The lowest BCUT2D eigenvalue weighted by Gasteiger charge is -2.03. The van der Waals surface area contributed by atoms with Gasteiger partial charge in [-0.05, 0) is 23.6 Å². The van der Waals surface area contributed by atoms with Crippen LogP contribution in [0.2, 0.25) is 0 Å². The summed E-state index contributed by atoms with van der Waals surface area (Å²) in [6.07, 6.45) is 0.865. The lowest BCUT2D eigenvalue weighted by Crippen LogP contribution is -1.87. The minimum absolute atomic E-state index is 0. The summed E-state index contributed by atoms with van der Waals surface area (Å²) in [6, 6.07) is 16.8. The SMILES string of the molecule is CC(C)c1ccc(C=O)cc1.ONc1ccccc1.[N]. The summed E-state index contributed by atoms with van der Waals surface area (Å²) in [5.74, 6) is 0.538. The van der Waals surface area contributed by atoms with Crippen LogP contribution in [-0.2, 0) is 0 Å². The highest BCUT2D eigenvalue weighted by atomic mass is 16.5. The molecule has 2 aromatic carbocycles. The molecule has 0 saturated carbocycles. The van der Waals surface area contributed by atoms with E-state index < -0.39 is 0 Å². The summed E-state index contributed by atoms with van der Waals surface area (Å²) in [7, 11) is 0. The number of anilines is 1. The fraction of sp³-hybridized carbons (Fsp3) is 0.188. The second-order valence-electron chi connectivity index (χ2n) is 4.42. The molecule has 0 fully saturated rings. The van der Waals surface area contributed by atoms with Crippen molar-refractivity contribution in [1.82, 2.24) is 6.15 Å². The number of rotatable bonds is 3. The number of hydrogen-bond acceptors (Lipinski definition) is 3. The molecule has 105 valence electrons. The molecule has 0 amide bonds. The normalized spacial score (nSPS) is 9.00. The molecular weight excluding hydrogens is 252 g/mol. The van der Waals surface area contributed by atoms with Crippen LogP contribution >= 0.6 is 0 Å². The van der Waals surface area contributed by atoms with Crippen LogP contribution in [0.1, 0.15) is 35.7 Å². The van der Waals surface area contributed by atoms with E-state index in [4.69, 9.17) is 5.21 Å². The largest absolute Gasteiger partial charge is 0.298 e. The van der Waals surface area contributed by atoms with Crippen molar-refractivity contribution in [2.45, 2.75) is 19.8 Å². The lowest BCUT2D eigenvalue weighted by molar-refractivity contribution is 0.112. The Morgan fingerprint density at radius 1 is 1.00 bits per heavy atom. The Morgan fingerprint density at radius 3 is 1.90 bits per heavy atom. The predicted octanol–water partition coefficient (Wildman–Crippen LogP) is 3.63. The van der Waals surface area contributed by atoms with Gasteiger partial charge in [0.1, 0.15) is 6.29 Å². The first-order valence-corrected chi connectivity index (χ1v) is 6.17. The third kappa shape index (κ3) is 6.13. The van der Waals surface area contributed by atoms with E-state index in [1.165, 1.54) is 5.56 Å². The van der Waals surface area contributed by atoms with Gasteiger partial charge in [-0.2, -0.15) is 0 Å². The van der Waals surface area contributed by atoms with Gasteiger partial charge in [0.25, 0.3) is 0 Å². The Balaban J connectivity index is 0.000000359. The maximum atomic E-state index is 10.3. The van der Waals surface area contributed by atoms with Crippen molar-refractivity contribution < 1.29 is 10.0 Å². The fourth-order valence-corrected chi connectivity index (χ4v) is 1.47. The molecule has 0 spiro atoms. The van der Waals surface area contributed by atoms with Gasteiger partial charge in [-0.1, -0.05) is 56.3 Å². The summed E-state index contributed by atoms with van der Waals surface area (Å²) in [6.45, 7) is 4.27. The molecule has 0 heterocycles. The van der Waals surface area contributed by atoms with Gasteiger partial charge in [0.15, 0.2) is 0 Å². The van der Waals surface area contributed by atoms with Crippen molar-refractivity contribution in [3.63, 3.8) is 0 Å². The summed E-state index contributed by atoms with van der Waals surface area (Å²) in [5, 5.41) is 8.29. The Kier molecular flexibility index (Phi) is 8.67. The molecule has 2 N–H and O–H groups in total. The molecule has 0 aliphatic heterocycles. The number of carbonyl (C=O) groups excluding carboxylic acids is 1. The summed E-state index contributed by atoms with van der Waals surface area (Å²) < 4.78 is 0. The summed E-state index contributed by atoms with van der Waals surface area (Å²) in [5.41, 5.74) is 4.76. The van der Waals surface area contributed by atoms with E-state index >= 15 is 0 Å². The lowest BCUT2D eigenvalue weighted by atomic mass is 10.0. The average molecular weight is 271 g/mol. The molecule has 0 saturated heterocycles. The number of aldehydes is 1. The number of hydrogen-bond donors (Lipinski definition) is 2. The van der Waals surface area contributed by atoms with Crippen LogP contribution in [0.25, 0.3) is 0 Å². The summed E-state index contributed by atoms with van der Waals surface area (Å²) >= 11 is 0. The van der Waals surface area contributed by atoms with Crippen LogP contribution in [0.15, 0.2) is 54.6 Å². The topological polar surface area (TPSA) is 79.8 Å². The molecule has 20 heavy (non-hydrogen) atoms. The minimum atomic E-state index is 0. The first-order valence-electron chi connectivity index (χ1n) is 6.17. The highest BCUT2D eigenvalue weighted by molar-refractivity contribution is 5.74. The van der Waals surface area contributed by atoms with Crippen molar-refractivity contribution in [3.05, 3.63) is 65.7 Å². The molecule has 0 atom stereocenters. The Morgan fingerprint density at radius 2 is 1.55 bits per heavy atom. The third-order valence-electron chi connectivity index (χ3n) is 2.64. The monoisotopic (exact) mass is 271 g/mol. The van der Waals surface area contributed by atoms with Gasteiger partial charge in [0, 0.05) is 11.7 Å². The van der Waals surface area contributed by atoms with Crippen LogP contribution in [0.5, 0.6) is 0 Å². The molecule has 2 rings (SSSR count). The van der Waals surface area contributed by atoms with Crippen molar-refractivity contribution in [2.24, 2.45) is 0 Å². The van der Waals surface area contributed by atoms with Crippen molar-refractivity contribution >= 4 is 12.0 Å². The first kappa shape index (κ1) is 17.8. The van der Waals surface area contributed by atoms with E-state index in [9.17, 15) is 4.79 Å². The zero-order valence-corrected chi connectivity index (χ0v) is 11.7. The van der Waals surface area contributed by atoms with E-state index in [1.54, 1.807) is 12.1 Å². The smallest absolute Gasteiger partial charge is 0.150 e. The van der Waals surface area contributed by atoms with Gasteiger partial charge in [-0.25, -0.2) is 0 Å². The Hall–Kier alpha value is -2.17. The predicted molar refractivity (Wildman–Crippen MR) is 79.9 cm³/mol. The molecule has 3 radical (unpaired) electrons. The third-order valence-corrected chi connectivity index (χ3v) is 2.64. The van der Waals surface area contributed by atoms with Crippen LogP contribution < -0.4 is 11.6 Å². The van der Waals surface area contributed by atoms with E-state index in [0.717, 1.165) is 11.8 Å². The molecule has 0 bridgehead atoms. The van der Waals surface area contributed by atoms with Crippen LogP contribution in [0.3, 0.4) is 0 Å². The van der Waals surface area contributed by atoms with Crippen LogP contribution in [0, 0.1) is 0 Å². The highest BCUT2D eigenvalue weighted by Crippen LogP contribution is 2.13. The molecule has 4 heteroatoms. The van der Waals surface area contributed by atoms with Gasteiger partial charge >= 0.3 is 0 Å². The number of para-hydroxylation sites is 1. The summed E-state index contributed by atoms with van der Waals surface area (Å²) in [4.78, 5) is 10.3. The van der Waals surface area contributed by atoms with E-state index in [-0.39, 0.29) is 6.15 Å². The Bertz CT molecular complexity index is 482. The molecule has 2 aromatic rings. The van der Waals surface area contributed by atoms with E-state index in [2.05, 4.69) is 13.8 Å². The van der Waals surface area contributed by atoms with Gasteiger partial charge in [-0.15, -0.1) is 0 Å². The molecule has 0 aliphatic rings. The molecule has 0 unspecified atom stereocenters. The van der Waals surface area contributed by atoms with Crippen LogP contribution in [-0.4, -0.2) is 11.5 Å². The molecule has 4 nitrogen and oxygen atoms in total. The minimum Gasteiger partial charge on any atom is -0.298 e. The zero-order chi connectivity index (χ0) is 14.1. The standard InChI is InChI=1S/C10H12O.C6H7NO.N/c1-8(2)10-5-3-9(7-11)4-6-10;8-7-6-4-2-1-3-5-6;/h3-8H,1-2H3;1-5,7-8H;. The number of nitrogens with zero attached hydrogens (tertiary/aromatic N) is 1. The maximum Gasteiger partial charge on any atom is 0.150 e.